The molecule has 22 heavy (non-hydrogen) atoms. The van der Waals surface area contributed by atoms with Crippen molar-refractivity contribution in [2.24, 2.45) is 0 Å². The number of hydrogen-bond donors (Lipinski definition) is 1. The number of anilines is 1. The number of hydrogen-bond acceptors (Lipinski definition) is 5. The van der Waals surface area contributed by atoms with Crippen LogP contribution in [0.2, 0.25) is 0 Å². The molecule has 1 atom stereocenters. The van der Waals surface area contributed by atoms with E-state index in [1.807, 2.05) is 31.2 Å². The van der Waals surface area contributed by atoms with Crippen LogP contribution in [-0.2, 0) is 10.8 Å². The molecule has 2 heterocycles. The molecule has 0 amide bonds. The van der Waals surface area contributed by atoms with Gasteiger partial charge in [-0.2, -0.15) is 0 Å². The van der Waals surface area contributed by atoms with Crippen LogP contribution in [0.15, 0.2) is 30.5 Å². The summed E-state index contributed by atoms with van der Waals surface area (Å²) in [6.07, 6.45) is 6.73. The molecule has 0 aliphatic heterocycles. The van der Waals surface area contributed by atoms with Gasteiger partial charge in [0.15, 0.2) is 0 Å². The molecule has 0 spiro atoms. The normalized spacial score (nSPS) is 17.5. The summed E-state index contributed by atoms with van der Waals surface area (Å²) in [5.41, 5.74) is 1.63. The van der Waals surface area contributed by atoms with Gasteiger partial charge in [-0.1, -0.05) is 12.5 Å². The monoisotopic (exact) mass is 316 g/mol. The molecule has 1 fully saturated rings. The first-order valence-corrected chi connectivity index (χ1v) is 8.99. The van der Waals surface area contributed by atoms with Crippen LogP contribution in [0, 0.1) is 6.92 Å². The smallest absolute Gasteiger partial charge is 0.130 e. The van der Waals surface area contributed by atoms with E-state index in [4.69, 9.17) is 0 Å². The first-order chi connectivity index (χ1) is 10.6. The highest BCUT2D eigenvalue weighted by molar-refractivity contribution is 7.85. The van der Waals surface area contributed by atoms with E-state index >= 15 is 0 Å². The molecule has 1 N–H and O–H groups in total. The predicted octanol–water partition coefficient (Wildman–Crippen LogP) is 2.56. The van der Waals surface area contributed by atoms with Gasteiger partial charge in [0.1, 0.15) is 11.6 Å². The standard InChI is InChI=1S/C16H20N4OS/c1-12-19-14(13-6-3-4-9-17-13)10-15(20-12)18-11-16(22(2)21)7-5-8-16/h3-4,6,9-10H,5,7-8,11H2,1-2H3,(H,18,19,20). The van der Waals surface area contributed by atoms with Crippen molar-refractivity contribution in [2.75, 3.05) is 18.1 Å². The Morgan fingerprint density at radius 3 is 2.68 bits per heavy atom. The Balaban J connectivity index is 1.80. The van der Waals surface area contributed by atoms with Crippen LogP contribution >= 0.6 is 0 Å². The fourth-order valence-electron chi connectivity index (χ4n) is 2.69. The van der Waals surface area contributed by atoms with E-state index in [2.05, 4.69) is 20.3 Å². The van der Waals surface area contributed by atoms with Gasteiger partial charge in [0.2, 0.25) is 0 Å². The minimum Gasteiger partial charge on any atom is -0.368 e. The highest BCUT2D eigenvalue weighted by Gasteiger charge is 2.40. The summed E-state index contributed by atoms with van der Waals surface area (Å²) in [5, 5.41) is 3.35. The molecular formula is C16H20N4OS. The van der Waals surface area contributed by atoms with Gasteiger partial charge in [0.25, 0.3) is 0 Å². The Bertz CT molecular complexity index is 686. The number of pyridine rings is 1. The average molecular weight is 316 g/mol. The molecule has 5 nitrogen and oxygen atoms in total. The lowest BCUT2D eigenvalue weighted by Crippen LogP contribution is -2.47. The zero-order valence-electron chi connectivity index (χ0n) is 12.9. The van der Waals surface area contributed by atoms with Crippen molar-refractivity contribution in [1.82, 2.24) is 15.0 Å². The fourth-order valence-corrected chi connectivity index (χ4v) is 3.83. The number of aromatic nitrogens is 3. The second-order valence-corrected chi connectivity index (χ2v) is 7.52. The van der Waals surface area contributed by atoms with E-state index in [1.165, 1.54) is 0 Å². The van der Waals surface area contributed by atoms with Crippen molar-refractivity contribution >= 4 is 16.6 Å². The van der Waals surface area contributed by atoms with E-state index in [-0.39, 0.29) is 4.75 Å². The van der Waals surface area contributed by atoms with Crippen LogP contribution in [0.25, 0.3) is 11.4 Å². The number of nitrogens with one attached hydrogen (secondary N) is 1. The van der Waals surface area contributed by atoms with Gasteiger partial charge in [0.05, 0.1) is 16.1 Å². The van der Waals surface area contributed by atoms with E-state index in [9.17, 15) is 4.21 Å². The second-order valence-electron chi connectivity index (χ2n) is 5.74. The van der Waals surface area contributed by atoms with Crippen LogP contribution in [0.3, 0.4) is 0 Å². The molecule has 2 aromatic heterocycles. The molecule has 0 bridgehead atoms. The Labute approximate surface area is 133 Å². The number of rotatable bonds is 5. The van der Waals surface area contributed by atoms with Crippen molar-refractivity contribution in [3.63, 3.8) is 0 Å². The Hall–Kier alpha value is -1.82. The average Bonchev–Trinajstić information content (AvgIpc) is 2.46. The maximum Gasteiger partial charge on any atom is 0.130 e. The molecule has 1 saturated carbocycles. The quantitative estimate of drug-likeness (QED) is 0.918. The van der Waals surface area contributed by atoms with Gasteiger partial charge in [-0.3, -0.25) is 9.19 Å². The van der Waals surface area contributed by atoms with Crippen molar-refractivity contribution < 1.29 is 4.21 Å². The molecule has 1 aliphatic rings. The summed E-state index contributed by atoms with van der Waals surface area (Å²) >= 11 is 0. The van der Waals surface area contributed by atoms with E-state index in [1.54, 1.807) is 12.5 Å². The van der Waals surface area contributed by atoms with Gasteiger partial charge in [0, 0.05) is 35.9 Å². The largest absolute Gasteiger partial charge is 0.368 e. The second kappa shape index (κ2) is 6.12. The first-order valence-electron chi connectivity index (χ1n) is 7.44. The maximum atomic E-state index is 12.0. The summed E-state index contributed by atoms with van der Waals surface area (Å²) in [4.78, 5) is 13.2. The number of aryl methyl sites for hydroxylation is 1. The molecule has 1 unspecified atom stereocenters. The maximum absolute atomic E-state index is 12.0. The summed E-state index contributed by atoms with van der Waals surface area (Å²) < 4.78 is 11.9. The third-order valence-electron chi connectivity index (χ3n) is 4.23. The summed E-state index contributed by atoms with van der Waals surface area (Å²) in [6, 6.07) is 7.66. The number of nitrogens with zero attached hydrogens (tertiary/aromatic N) is 3. The Morgan fingerprint density at radius 2 is 2.09 bits per heavy atom. The highest BCUT2D eigenvalue weighted by Crippen LogP contribution is 2.37. The highest BCUT2D eigenvalue weighted by atomic mass is 32.2. The summed E-state index contributed by atoms with van der Waals surface area (Å²) in [5.74, 6) is 1.47. The molecule has 0 saturated heterocycles. The van der Waals surface area contributed by atoms with Crippen LogP contribution in [0.5, 0.6) is 0 Å². The van der Waals surface area contributed by atoms with E-state index < -0.39 is 10.8 Å². The van der Waals surface area contributed by atoms with Gasteiger partial charge in [-0.05, 0) is 31.9 Å². The van der Waals surface area contributed by atoms with E-state index in [0.717, 1.165) is 36.5 Å². The van der Waals surface area contributed by atoms with Crippen LogP contribution < -0.4 is 5.32 Å². The van der Waals surface area contributed by atoms with Crippen LogP contribution in [0.4, 0.5) is 5.82 Å². The van der Waals surface area contributed by atoms with Gasteiger partial charge < -0.3 is 5.32 Å². The lowest BCUT2D eigenvalue weighted by molar-refractivity contribution is 0.368. The zero-order chi connectivity index (χ0) is 15.6. The Kier molecular flexibility index (Phi) is 4.20. The van der Waals surface area contributed by atoms with Gasteiger partial charge >= 0.3 is 0 Å². The third-order valence-corrected chi connectivity index (χ3v) is 6.00. The van der Waals surface area contributed by atoms with Crippen LogP contribution in [0.1, 0.15) is 25.1 Å². The molecule has 0 radical (unpaired) electrons. The van der Waals surface area contributed by atoms with Crippen molar-refractivity contribution in [2.45, 2.75) is 30.9 Å². The van der Waals surface area contributed by atoms with Crippen molar-refractivity contribution in [3.8, 4) is 11.4 Å². The Morgan fingerprint density at radius 1 is 1.27 bits per heavy atom. The lowest BCUT2D eigenvalue weighted by Gasteiger charge is -2.40. The lowest BCUT2D eigenvalue weighted by atomic mass is 9.84. The third kappa shape index (κ3) is 3.02. The molecule has 2 aromatic rings. The molecule has 1 aliphatic carbocycles. The zero-order valence-corrected chi connectivity index (χ0v) is 13.7. The van der Waals surface area contributed by atoms with Gasteiger partial charge in [-0.15, -0.1) is 0 Å². The minimum atomic E-state index is -0.821. The first kappa shape index (κ1) is 15.1. The predicted molar refractivity (Wildman–Crippen MR) is 89.1 cm³/mol. The molecule has 3 rings (SSSR count). The molecule has 6 heteroatoms. The molecular weight excluding hydrogens is 296 g/mol. The van der Waals surface area contributed by atoms with Crippen molar-refractivity contribution in [3.05, 3.63) is 36.3 Å². The fraction of sp³-hybridized carbons (Fsp3) is 0.438. The topological polar surface area (TPSA) is 67.8 Å². The van der Waals surface area contributed by atoms with Crippen LogP contribution in [-0.4, -0.2) is 36.7 Å². The molecule has 116 valence electrons. The summed E-state index contributed by atoms with van der Waals surface area (Å²) in [6.45, 7) is 2.56. The minimum absolute atomic E-state index is 0.0932. The van der Waals surface area contributed by atoms with Gasteiger partial charge in [-0.25, -0.2) is 9.97 Å². The molecule has 0 aromatic carbocycles. The summed E-state index contributed by atoms with van der Waals surface area (Å²) in [7, 11) is -0.821. The van der Waals surface area contributed by atoms with E-state index in [0.29, 0.717) is 12.4 Å². The van der Waals surface area contributed by atoms with Crippen molar-refractivity contribution in [1.29, 1.82) is 0 Å². The SMILES string of the molecule is Cc1nc(NCC2(S(C)=O)CCC2)cc(-c2ccccn2)n1.